The van der Waals surface area contributed by atoms with Gasteiger partial charge < -0.3 is 30.1 Å². The molecule has 0 fully saturated rings. The standard InChI is InChI=1S/C30H34BrF3N8O3/c1-7-26(43)36-22-14-23(25(45-6)15-24(22)40(5)13-12-39(3)4)37-28-35-16-19-17-41(18(2)30(32,33)34)29(44)42(27(19)38-28)21-10-8-20(31)9-11-21/h7-11,14-16,18H,1,12-13,17H2,2-6H3,(H,36,43)(H,35,37,38)/t18-/m0/s1. The summed E-state index contributed by atoms with van der Waals surface area (Å²) in [5.74, 6) is 0.170. The predicted molar refractivity (Wildman–Crippen MR) is 172 cm³/mol. The molecule has 0 aliphatic carbocycles. The maximum atomic E-state index is 13.7. The highest BCUT2D eigenvalue weighted by molar-refractivity contribution is 9.10. The van der Waals surface area contributed by atoms with E-state index in [4.69, 9.17) is 4.74 Å². The molecule has 0 unspecified atom stereocenters. The smallest absolute Gasteiger partial charge is 0.408 e. The number of halogens is 4. The van der Waals surface area contributed by atoms with E-state index in [2.05, 4.69) is 43.1 Å². The largest absolute Gasteiger partial charge is 0.494 e. The number of amides is 3. The van der Waals surface area contributed by atoms with Crippen LogP contribution < -0.4 is 25.2 Å². The fourth-order valence-electron chi connectivity index (χ4n) is 4.56. The van der Waals surface area contributed by atoms with Gasteiger partial charge in [0.2, 0.25) is 11.9 Å². The number of nitrogens with zero attached hydrogens (tertiary/aromatic N) is 6. The predicted octanol–water partition coefficient (Wildman–Crippen LogP) is 6.14. The number of alkyl halides is 3. The summed E-state index contributed by atoms with van der Waals surface area (Å²) < 4.78 is 47.6. The average Bonchev–Trinajstić information content (AvgIpc) is 2.99. The first kappa shape index (κ1) is 33.5. The highest BCUT2D eigenvalue weighted by Gasteiger charge is 2.46. The summed E-state index contributed by atoms with van der Waals surface area (Å²) in [5.41, 5.74) is 2.19. The Bertz CT molecular complexity index is 1570. The van der Waals surface area contributed by atoms with Crippen LogP contribution in [0.4, 0.5) is 52.5 Å². The lowest BCUT2D eigenvalue weighted by atomic mass is 10.1. The van der Waals surface area contributed by atoms with E-state index in [9.17, 15) is 22.8 Å². The number of urea groups is 1. The summed E-state index contributed by atoms with van der Waals surface area (Å²) in [6.45, 7) is 5.54. The number of carbonyl (C=O) groups excluding carboxylic acids is 2. The minimum absolute atomic E-state index is 0.0500. The SMILES string of the molecule is C=CC(=O)Nc1cc(Nc2ncc3c(n2)N(c2ccc(Br)cc2)C(=O)N([C@@H](C)C(F)(F)F)C3)c(OC)cc1N(C)CCN(C)C. The molecular weight excluding hydrogens is 657 g/mol. The van der Waals surface area contributed by atoms with Gasteiger partial charge in [-0.15, -0.1) is 0 Å². The van der Waals surface area contributed by atoms with Gasteiger partial charge in [-0.2, -0.15) is 18.2 Å². The Labute approximate surface area is 267 Å². The van der Waals surface area contributed by atoms with Gasteiger partial charge in [0, 0.05) is 42.4 Å². The Morgan fingerprint density at radius 1 is 1.18 bits per heavy atom. The van der Waals surface area contributed by atoms with Gasteiger partial charge in [-0.1, -0.05) is 22.5 Å². The number of likely N-dealkylation sites (N-methyl/N-ethyl adjacent to an activating group) is 2. The van der Waals surface area contributed by atoms with Crippen molar-refractivity contribution in [2.45, 2.75) is 25.7 Å². The average molecular weight is 692 g/mol. The maximum absolute atomic E-state index is 13.7. The molecule has 2 heterocycles. The third-order valence-electron chi connectivity index (χ3n) is 7.16. The molecule has 15 heteroatoms. The van der Waals surface area contributed by atoms with Crippen LogP contribution in [0.1, 0.15) is 12.5 Å². The summed E-state index contributed by atoms with van der Waals surface area (Å²) in [4.78, 5) is 40.7. The molecule has 0 bridgehead atoms. The van der Waals surface area contributed by atoms with Gasteiger partial charge in [-0.25, -0.2) is 14.7 Å². The zero-order valence-corrected chi connectivity index (χ0v) is 27.0. The molecule has 4 rings (SSSR count). The van der Waals surface area contributed by atoms with Crippen molar-refractivity contribution < 1.29 is 27.5 Å². The number of methoxy groups -OCH3 is 1. The molecule has 0 saturated heterocycles. The Balaban J connectivity index is 1.77. The molecule has 11 nitrogen and oxygen atoms in total. The van der Waals surface area contributed by atoms with E-state index >= 15 is 0 Å². The topological polar surface area (TPSA) is 106 Å². The van der Waals surface area contributed by atoms with E-state index < -0.39 is 24.2 Å². The van der Waals surface area contributed by atoms with Crippen LogP contribution in [0.15, 0.2) is 59.7 Å². The molecule has 0 saturated carbocycles. The molecule has 45 heavy (non-hydrogen) atoms. The van der Waals surface area contributed by atoms with Gasteiger partial charge in [0.05, 0.1) is 36.4 Å². The van der Waals surface area contributed by atoms with Gasteiger partial charge in [-0.05, 0) is 57.4 Å². The molecule has 1 aromatic heterocycles. The highest BCUT2D eigenvalue weighted by atomic mass is 79.9. The van der Waals surface area contributed by atoms with Crippen molar-refractivity contribution >= 4 is 62.4 Å². The van der Waals surface area contributed by atoms with E-state index in [-0.39, 0.29) is 18.3 Å². The Kier molecular flexibility index (Phi) is 10.2. The minimum Gasteiger partial charge on any atom is -0.494 e. The van der Waals surface area contributed by atoms with E-state index in [1.807, 2.05) is 30.9 Å². The number of aromatic nitrogens is 2. The second kappa shape index (κ2) is 13.7. The third kappa shape index (κ3) is 7.65. The van der Waals surface area contributed by atoms with Crippen molar-refractivity contribution in [2.75, 3.05) is 61.8 Å². The van der Waals surface area contributed by atoms with Crippen LogP contribution in [0.25, 0.3) is 0 Å². The molecule has 1 atom stereocenters. The first-order valence-electron chi connectivity index (χ1n) is 13.8. The van der Waals surface area contributed by atoms with Gasteiger partial charge in [-0.3, -0.25) is 4.79 Å². The summed E-state index contributed by atoms with van der Waals surface area (Å²) in [6.07, 6.45) is -2.09. The van der Waals surface area contributed by atoms with Crippen molar-refractivity contribution in [3.8, 4) is 5.75 Å². The number of anilines is 6. The molecule has 3 amide bonds. The monoisotopic (exact) mass is 690 g/mol. The Morgan fingerprint density at radius 2 is 1.87 bits per heavy atom. The van der Waals surface area contributed by atoms with Crippen LogP contribution in [0.3, 0.4) is 0 Å². The second-order valence-corrected chi connectivity index (χ2v) is 11.5. The third-order valence-corrected chi connectivity index (χ3v) is 7.69. The lowest BCUT2D eigenvalue weighted by Crippen LogP contribution is -2.53. The van der Waals surface area contributed by atoms with Crippen molar-refractivity contribution in [3.63, 3.8) is 0 Å². The van der Waals surface area contributed by atoms with E-state index in [1.54, 1.807) is 36.4 Å². The van der Waals surface area contributed by atoms with Crippen molar-refractivity contribution in [1.29, 1.82) is 0 Å². The summed E-state index contributed by atoms with van der Waals surface area (Å²) in [5, 5.41) is 5.91. The molecule has 1 aliphatic heterocycles. The lowest BCUT2D eigenvalue weighted by Gasteiger charge is -2.39. The molecule has 0 radical (unpaired) electrons. The number of benzene rings is 2. The number of hydrogen-bond donors (Lipinski definition) is 2. The molecule has 240 valence electrons. The van der Waals surface area contributed by atoms with E-state index in [0.717, 1.165) is 33.8 Å². The summed E-state index contributed by atoms with van der Waals surface area (Å²) in [7, 11) is 7.29. The first-order valence-corrected chi connectivity index (χ1v) is 14.6. The van der Waals surface area contributed by atoms with E-state index in [0.29, 0.717) is 40.6 Å². The van der Waals surface area contributed by atoms with Crippen molar-refractivity contribution in [3.05, 3.63) is 65.3 Å². The van der Waals surface area contributed by atoms with Crippen LogP contribution in [-0.2, 0) is 11.3 Å². The zero-order valence-electron chi connectivity index (χ0n) is 25.4. The number of carbonyl (C=O) groups is 2. The highest BCUT2D eigenvalue weighted by Crippen LogP contribution is 2.40. The van der Waals surface area contributed by atoms with Gasteiger partial charge in [0.25, 0.3) is 0 Å². The van der Waals surface area contributed by atoms with Gasteiger partial charge in [0.1, 0.15) is 11.8 Å². The second-order valence-electron chi connectivity index (χ2n) is 10.6. The first-order chi connectivity index (χ1) is 21.2. The van der Waals surface area contributed by atoms with Crippen molar-refractivity contribution in [1.82, 2.24) is 19.8 Å². The normalized spacial score (nSPS) is 13.8. The lowest BCUT2D eigenvalue weighted by molar-refractivity contribution is -0.172. The summed E-state index contributed by atoms with van der Waals surface area (Å²) in [6, 6.07) is 7.05. The van der Waals surface area contributed by atoms with Gasteiger partial charge >= 0.3 is 12.2 Å². The molecule has 2 N–H and O–H groups in total. The molecular formula is C30H34BrF3N8O3. The molecule has 1 aliphatic rings. The molecule has 0 spiro atoms. The number of fused-ring (bicyclic) bond motifs is 1. The number of rotatable bonds is 11. The zero-order chi connectivity index (χ0) is 33.1. The number of nitrogens with one attached hydrogen (secondary N) is 2. The fourth-order valence-corrected chi connectivity index (χ4v) is 4.83. The van der Waals surface area contributed by atoms with Crippen LogP contribution in [0.2, 0.25) is 0 Å². The van der Waals surface area contributed by atoms with Gasteiger partial charge in [0.15, 0.2) is 5.82 Å². The summed E-state index contributed by atoms with van der Waals surface area (Å²) >= 11 is 3.35. The number of ether oxygens (including phenoxy) is 1. The maximum Gasteiger partial charge on any atom is 0.408 e. The van der Waals surface area contributed by atoms with Crippen LogP contribution in [-0.4, -0.2) is 85.3 Å². The van der Waals surface area contributed by atoms with Crippen LogP contribution in [0.5, 0.6) is 5.75 Å². The number of hydrogen-bond acceptors (Lipinski definition) is 8. The Morgan fingerprint density at radius 3 is 2.47 bits per heavy atom. The molecule has 3 aromatic rings. The molecule has 2 aromatic carbocycles. The quantitative estimate of drug-likeness (QED) is 0.231. The van der Waals surface area contributed by atoms with E-state index in [1.165, 1.54) is 13.3 Å². The van der Waals surface area contributed by atoms with Crippen molar-refractivity contribution in [2.24, 2.45) is 0 Å². The Hall–Kier alpha value is -4.37. The van der Waals surface area contributed by atoms with Crippen LogP contribution in [0, 0.1) is 0 Å². The minimum atomic E-state index is -4.64. The van der Waals surface area contributed by atoms with Crippen LogP contribution >= 0.6 is 15.9 Å². The fraction of sp³-hybridized carbons (Fsp3) is 0.333.